The van der Waals surface area contributed by atoms with Crippen molar-refractivity contribution in [3.8, 4) is 0 Å². The molecule has 4 unspecified atom stereocenters. The number of aliphatic hydroxyl groups is 3. The second-order valence-electron chi connectivity index (χ2n) is 13.6. The second-order valence-corrected chi connectivity index (χ2v) is 13.6. The Labute approximate surface area is 230 Å². The van der Waals surface area contributed by atoms with Crippen LogP contribution in [0.25, 0.3) is 0 Å². The molecule has 1 saturated heterocycles. The average Bonchev–Trinajstić information content (AvgIpc) is 3.20. The smallest absolute Gasteiger partial charge is 0.335 e. The number of aliphatic hydroxyl groups excluding tert-OH is 2. The zero-order valence-electron chi connectivity index (χ0n) is 23.4. The van der Waals surface area contributed by atoms with Gasteiger partial charge in [-0.1, -0.05) is 32.4 Å². The highest BCUT2D eigenvalue weighted by molar-refractivity contribution is 5.31. The third-order valence-electron chi connectivity index (χ3n) is 12.0. The van der Waals surface area contributed by atoms with Crippen LogP contribution in [-0.4, -0.2) is 58.2 Å². The van der Waals surface area contributed by atoms with Crippen LogP contribution in [0.3, 0.4) is 0 Å². The van der Waals surface area contributed by atoms with Crippen LogP contribution in [0.15, 0.2) is 39.3 Å². The summed E-state index contributed by atoms with van der Waals surface area (Å²) in [6, 6.07) is 2.72. The lowest BCUT2D eigenvalue weighted by atomic mass is 9.45. The molecule has 4 fully saturated rings. The van der Waals surface area contributed by atoms with Crippen molar-refractivity contribution in [2.75, 3.05) is 6.61 Å². The van der Waals surface area contributed by atoms with E-state index in [2.05, 4.69) is 19.9 Å². The van der Waals surface area contributed by atoms with E-state index in [1.807, 2.05) is 13.0 Å². The van der Waals surface area contributed by atoms with E-state index >= 15 is 0 Å². The molecule has 2 heterocycles. The fourth-order valence-electron chi connectivity index (χ4n) is 9.50. The van der Waals surface area contributed by atoms with E-state index in [-0.39, 0.29) is 46.9 Å². The predicted octanol–water partition coefficient (Wildman–Crippen LogP) is 3.23. The summed E-state index contributed by atoms with van der Waals surface area (Å²) in [7, 11) is 0. The highest BCUT2D eigenvalue weighted by Gasteiger charge is 2.66. The summed E-state index contributed by atoms with van der Waals surface area (Å²) < 4.78 is 17.5. The van der Waals surface area contributed by atoms with E-state index in [4.69, 9.17) is 19.6 Å². The first kappa shape index (κ1) is 27.6. The molecule has 0 aromatic carbocycles. The van der Waals surface area contributed by atoms with Gasteiger partial charge < -0.3 is 34.9 Å². The van der Waals surface area contributed by atoms with Crippen LogP contribution < -0.4 is 11.4 Å². The molecule has 12 atom stereocenters. The van der Waals surface area contributed by atoms with Gasteiger partial charge in [0.25, 0.3) is 0 Å². The standard InChI is InChI=1S/C31H45NO7/c1-17-24(15-33)39-28(26(32)27(17)35)38-20-8-11-29(2)19(14-20)5-6-23-22(29)9-12-30(3)21(10-13-31(23,30)36)18-4-7-25(34)37-16-18/h4,7,14,16-17,20-24,26-28,33,35-36H,5-6,8-13,15,32H2,1-3H3/t17-,20+,21-,22?,23?,24?,26+,27?,28-,29+,30-,31+/m1/s1. The van der Waals surface area contributed by atoms with Gasteiger partial charge in [0, 0.05) is 17.4 Å². The van der Waals surface area contributed by atoms with Crippen LogP contribution >= 0.6 is 0 Å². The molecule has 39 heavy (non-hydrogen) atoms. The van der Waals surface area contributed by atoms with Gasteiger partial charge in [-0.2, -0.15) is 0 Å². The number of hydrogen-bond acceptors (Lipinski definition) is 8. The highest BCUT2D eigenvalue weighted by atomic mass is 16.7. The van der Waals surface area contributed by atoms with E-state index in [9.17, 15) is 20.1 Å². The van der Waals surface area contributed by atoms with Gasteiger partial charge in [0.15, 0.2) is 6.29 Å². The van der Waals surface area contributed by atoms with Crippen LogP contribution in [0.1, 0.15) is 83.6 Å². The largest absolute Gasteiger partial charge is 0.431 e. The summed E-state index contributed by atoms with van der Waals surface area (Å²) in [5, 5.41) is 32.7. The molecule has 216 valence electrons. The molecule has 3 saturated carbocycles. The monoisotopic (exact) mass is 543 g/mol. The third-order valence-corrected chi connectivity index (χ3v) is 12.0. The minimum atomic E-state index is -0.794. The maximum absolute atomic E-state index is 12.4. The fourth-order valence-corrected chi connectivity index (χ4v) is 9.50. The van der Waals surface area contributed by atoms with Gasteiger partial charge >= 0.3 is 5.63 Å². The Balaban J connectivity index is 1.21. The van der Waals surface area contributed by atoms with Crippen molar-refractivity contribution in [3.63, 3.8) is 0 Å². The van der Waals surface area contributed by atoms with Crippen LogP contribution in [-0.2, 0) is 9.47 Å². The summed E-state index contributed by atoms with van der Waals surface area (Å²) in [6.45, 7) is 6.29. The van der Waals surface area contributed by atoms with Crippen LogP contribution in [0.2, 0.25) is 0 Å². The maximum Gasteiger partial charge on any atom is 0.335 e. The average molecular weight is 544 g/mol. The Morgan fingerprint density at radius 1 is 1.10 bits per heavy atom. The summed E-state index contributed by atoms with van der Waals surface area (Å²) in [6.07, 6.45) is 9.02. The number of nitrogens with two attached hydrogens (primary N) is 1. The van der Waals surface area contributed by atoms with Crippen molar-refractivity contribution in [3.05, 3.63) is 46.0 Å². The molecule has 1 aromatic heterocycles. The van der Waals surface area contributed by atoms with Gasteiger partial charge in [0.05, 0.1) is 42.8 Å². The zero-order chi connectivity index (χ0) is 27.7. The van der Waals surface area contributed by atoms with Crippen LogP contribution in [0, 0.1) is 28.6 Å². The third kappa shape index (κ3) is 4.12. The molecule has 8 heteroatoms. The lowest BCUT2D eigenvalue weighted by Gasteiger charge is -2.62. The Hall–Kier alpha value is -1.55. The molecule has 0 amide bonds. The molecule has 1 aliphatic heterocycles. The second kappa shape index (κ2) is 9.78. The predicted molar refractivity (Wildman–Crippen MR) is 145 cm³/mol. The first-order valence-electron chi connectivity index (χ1n) is 14.9. The quantitative estimate of drug-likeness (QED) is 0.425. The van der Waals surface area contributed by atoms with Gasteiger partial charge in [0.1, 0.15) is 0 Å². The van der Waals surface area contributed by atoms with Crippen molar-refractivity contribution in [1.29, 1.82) is 0 Å². The zero-order valence-corrected chi connectivity index (χ0v) is 23.4. The van der Waals surface area contributed by atoms with Gasteiger partial charge in [-0.3, -0.25) is 0 Å². The molecular weight excluding hydrogens is 498 g/mol. The van der Waals surface area contributed by atoms with Crippen molar-refractivity contribution < 1.29 is 29.2 Å². The van der Waals surface area contributed by atoms with E-state index in [1.165, 1.54) is 11.6 Å². The van der Waals surface area contributed by atoms with Crippen molar-refractivity contribution >= 4 is 0 Å². The molecule has 0 spiro atoms. The number of ether oxygens (including phenoxy) is 2. The van der Waals surface area contributed by atoms with Gasteiger partial charge in [-0.25, -0.2) is 4.79 Å². The fraction of sp³-hybridized carbons (Fsp3) is 0.774. The molecule has 0 radical (unpaired) electrons. The van der Waals surface area contributed by atoms with Crippen molar-refractivity contribution in [1.82, 2.24) is 0 Å². The van der Waals surface area contributed by atoms with Gasteiger partial charge in [0.2, 0.25) is 0 Å². The highest BCUT2D eigenvalue weighted by Crippen LogP contribution is 2.70. The number of fused-ring (bicyclic) bond motifs is 5. The normalized spacial score (nSPS) is 49.5. The van der Waals surface area contributed by atoms with Crippen molar-refractivity contribution in [2.45, 2.75) is 114 Å². The summed E-state index contributed by atoms with van der Waals surface area (Å²) in [4.78, 5) is 11.6. The Morgan fingerprint density at radius 3 is 2.62 bits per heavy atom. The summed E-state index contributed by atoms with van der Waals surface area (Å²) in [5.74, 6) is 0.556. The first-order valence-corrected chi connectivity index (χ1v) is 14.9. The minimum absolute atomic E-state index is 0.00859. The van der Waals surface area contributed by atoms with Gasteiger partial charge in [-0.05, 0) is 86.2 Å². The SMILES string of the molecule is C[C@@H]1C(CO)O[C@@H](O[C@@H]2C=C3CCC4C(CC[C@]5(C)[C@@H](c6ccc(=O)oc6)CC[C@]45O)[C@@]3(C)CC2)[C@@H](N)C1O. The number of rotatable bonds is 4. The topological polar surface area (TPSA) is 135 Å². The first-order chi connectivity index (χ1) is 18.5. The lowest BCUT2D eigenvalue weighted by molar-refractivity contribution is -0.260. The van der Waals surface area contributed by atoms with E-state index in [0.717, 1.165) is 56.9 Å². The number of allylic oxidation sites excluding steroid dienone is 1. The summed E-state index contributed by atoms with van der Waals surface area (Å²) >= 11 is 0. The molecule has 6 rings (SSSR count). The summed E-state index contributed by atoms with van der Waals surface area (Å²) in [5.41, 5.74) is 7.39. The molecule has 5 N–H and O–H groups in total. The van der Waals surface area contributed by atoms with E-state index in [1.54, 1.807) is 6.26 Å². The molecule has 4 aliphatic carbocycles. The molecule has 5 aliphatic rings. The van der Waals surface area contributed by atoms with Gasteiger partial charge in [-0.15, -0.1) is 0 Å². The molecule has 0 bridgehead atoms. The van der Waals surface area contributed by atoms with Crippen LogP contribution in [0.4, 0.5) is 0 Å². The van der Waals surface area contributed by atoms with Crippen LogP contribution in [0.5, 0.6) is 0 Å². The Kier molecular flexibility index (Phi) is 6.92. The Bertz CT molecular complexity index is 1150. The number of hydrogen-bond donors (Lipinski definition) is 4. The molecule has 8 nitrogen and oxygen atoms in total. The van der Waals surface area contributed by atoms with E-state index in [0.29, 0.717) is 5.92 Å². The van der Waals surface area contributed by atoms with Crippen molar-refractivity contribution in [2.24, 2.45) is 34.3 Å². The lowest BCUT2D eigenvalue weighted by Crippen LogP contribution is -2.61. The molecule has 1 aromatic rings. The molecular formula is C31H45NO7. The minimum Gasteiger partial charge on any atom is -0.431 e. The Morgan fingerprint density at radius 2 is 1.90 bits per heavy atom. The maximum atomic E-state index is 12.4. The van der Waals surface area contributed by atoms with E-state index < -0.39 is 30.1 Å².